The average Bonchev–Trinajstić information content (AvgIpc) is 2.38. The maximum atomic E-state index is 11.0. The highest BCUT2D eigenvalue weighted by atomic mass is 79.9. The lowest BCUT2D eigenvalue weighted by Gasteiger charge is -2.09. The van der Waals surface area contributed by atoms with Crippen LogP contribution in [0.5, 0.6) is 11.5 Å². The van der Waals surface area contributed by atoms with Gasteiger partial charge in [0, 0.05) is 10.5 Å². The highest BCUT2D eigenvalue weighted by molar-refractivity contribution is 9.10. The minimum atomic E-state index is -0.532. The maximum Gasteiger partial charge on any atom is 0.274 e. The fraction of sp³-hybridized carbons (Fsp3) is 0. The summed E-state index contributed by atoms with van der Waals surface area (Å²) >= 11 is 9.04. The Kier molecular flexibility index (Phi) is 4.36. The standard InChI is InChI=1S/C13H7BrClNO4/c14-8-4-9(16(18)19)6-10(5-8)20-13-3-1-2-12(15)11(13)7-17/h1-7H. The molecule has 0 bridgehead atoms. The molecule has 7 heteroatoms. The van der Waals surface area contributed by atoms with E-state index >= 15 is 0 Å². The second-order valence-electron chi connectivity index (χ2n) is 3.77. The summed E-state index contributed by atoms with van der Waals surface area (Å²) in [6.07, 6.45) is 0.573. The number of non-ortho nitro benzene ring substituents is 1. The molecule has 0 spiro atoms. The molecule has 0 saturated carbocycles. The van der Waals surface area contributed by atoms with Crippen molar-refractivity contribution in [3.8, 4) is 11.5 Å². The van der Waals surface area contributed by atoms with Crippen LogP contribution in [0.1, 0.15) is 10.4 Å². The van der Waals surface area contributed by atoms with Gasteiger partial charge in [-0.15, -0.1) is 0 Å². The quantitative estimate of drug-likeness (QED) is 0.455. The first kappa shape index (κ1) is 14.5. The normalized spacial score (nSPS) is 10.1. The van der Waals surface area contributed by atoms with Gasteiger partial charge in [-0.3, -0.25) is 14.9 Å². The van der Waals surface area contributed by atoms with Crippen LogP contribution in [0.25, 0.3) is 0 Å². The van der Waals surface area contributed by atoms with Crippen LogP contribution in [0.3, 0.4) is 0 Å². The zero-order valence-electron chi connectivity index (χ0n) is 9.88. The van der Waals surface area contributed by atoms with Crippen LogP contribution < -0.4 is 4.74 Å². The molecule has 0 aliphatic heterocycles. The summed E-state index contributed by atoms with van der Waals surface area (Å²) in [5, 5.41) is 11.0. The minimum absolute atomic E-state index is 0.121. The summed E-state index contributed by atoms with van der Waals surface area (Å²) in [6.45, 7) is 0. The van der Waals surface area contributed by atoms with Crippen LogP contribution in [-0.4, -0.2) is 11.2 Å². The molecule has 0 aliphatic rings. The Balaban J connectivity index is 2.42. The van der Waals surface area contributed by atoms with Crippen molar-refractivity contribution < 1.29 is 14.5 Å². The van der Waals surface area contributed by atoms with Crippen molar-refractivity contribution in [1.82, 2.24) is 0 Å². The molecule has 0 N–H and O–H groups in total. The van der Waals surface area contributed by atoms with Crippen molar-refractivity contribution in [1.29, 1.82) is 0 Å². The fourth-order valence-electron chi connectivity index (χ4n) is 1.56. The van der Waals surface area contributed by atoms with E-state index in [1.54, 1.807) is 24.3 Å². The van der Waals surface area contributed by atoms with Crippen LogP contribution in [0.2, 0.25) is 5.02 Å². The molecule has 0 atom stereocenters. The van der Waals surface area contributed by atoms with Crippen molar-refractivity contribution in [3.63, 3.8) is 0 Å². The molecule has 2 rings (SSSR count). The highest BCUT2D eigenvalue weighted by Gasteiger charge is 2.13. The molecule has 0 radical (unpaired) electrons. The molecule has 0 aliphatic carbocycles. The SMILES string of the molecule is O=Cc1c(Cl)cccc1Oc1cc(Br)cc([N+](=O)[O-])c1. The Bertz CT molecular complexity index is 690. The second kappa shape index (κ2) is 6.02. The van der Waals surface area contributed by atoms with E-state index in [1.165, 1.54) is 12.1 Å². The molecule has 0 fully saturated rings. The summed E-state index contributed by atoms with van der Waals surface area (Å²) in [7, 11) is 0. The molecule has 2 aromatic carbocycles. The number of carbonyl (C=O) groups excluding carboxylic acids is 1. The number of nitro groups is 1. The van der Waals surface area contributed by atoms with Gasteiger partial charge in [0.05, 0.1) is 21.6 Å². The molecule has 0 aromatic heterocycles. The number of nitrogens with zero attached hydrogens (tertiary/aromatic N) is 1. The molecule has 0 amide bonds. The first-order valence-electron chi connectivity index (χ1n) is 5.38. The molecule has 0 heterocycles. The first-order chi connectivity index (χ1) is 9.51. The van der Waals surface area contributed by atoms with E-state index in [9.17, 15) is 14.9 Å². The Morgan fingerprint density at radius 2 is 2.05 bits per heavy atom. The number of halogens is 2. The Hall–Kier alpha value is -1.92. The van der Waals surface area contributed by atoms with Crippen LogP contribution in [0.15, 0.2) is 40.9 Å². The number of nitro benzene ring substituents is 1. The Labute approximate surface area is 127 Å². The molecule has 5 nitrogen and oxygen atoms in total. The van der Waals surface area contributed by atoms with Crippen molar-refractivity contribution in [3.05, 3.63) is 61.6 Å². The summed E-state index contributed by atoms with van der Waals surface area (Å²) in [4.78, 5) is 21.3. The lowest BCUT2D eigenvalue weighted by Crippen LogP contribution is -1.93. The molecular formula is C13H7BrClNO4. The number of hydrogen-bond acceptors (Lipinski definition) is 4. The van der Waals surface area contributed by atoms with Gasteiger partial charge in [-0.25, -0.2) is 0 Å². The molecular weight excluding hydrogens is 350 g/mol. The van der Waals surface area contributed by atoms with Crippen LogP contribution >= 0.6 is 27.5 Å². The first-order valence-corrected chi connectivity index (χ1v) is 6.55. The fourth-order valence-corrected chi connectivity index (χ4v) is 2.23. The van der Waals surface area contributed by atoms with Gasteiger partial charge in [-0.05, 0) is 18.2 Å². The van der Waals surface area contributed by atoms with E-state index in [0.29, 0.717) is 10.8 Å². The van der Waals surface area contributed by atoms with Crippen molar-refractivity contribution in [2.45, 2.75) is 0 Å². The predicted molar refractivity (Wildman–Crippen MR) is 77.7 cm³/mol. The zero-order valence-corrected chi connectivity index (χ0v) is 12.2. The number of ether oxygens (including phenoxy) is 1. The van der Waals surface area contributed by atoms with E-state index in [0.717, 1.165) is 0 Å². The Morgan fingerprint density at radius 3 is 2.70 bits per heavy atom. The maximum absolute atomic E-state index is 11.0. The second-order valence-corrected chi connectivity index (χ2v) is 5.10. The third-order valence-electron chi connectivity index (χ3n) is 2.43. The van der Waals surface area contributed by atoms with E-state index in [1.807, 2.05) is 0 Å². The number of benzene rings is 2. The van der Waals surface area contributed by atoms with Crippen LogP contribution in [-0.2, 0) is 0 Å². The smallest absolute Gasteiger partial charge is 0.274 e. The molecule has 102 valence electrons. The van der Waals surface area contributed by atoms with Crippen molar-refractivity contribution >= 4 is 39.5 Å². The van der Waals surface area contributed by atoms with E-state index < -0.39 is 4.92 Å². The van der Waals surface area contributed by atoms with Gasteiger partial charge in [0.25, 0.3) is 5.69 Å². The number of hydrogen-bond donors (Lipinski definition) is 0. The number of aldehydes is 1. The third-order valence-corrected chi connectivity index (χ3v) is 3.21. The monoisotopic (exact) mass is 355 g/mol. The van der Waals surface area contributed by atoms with Gasteiger partial charge in [-0.1, -0.05) is 33.6 Å². The van der Waals surface area contributed by atoms with Gasteiger partial charge in [-0.2, -0.15) is 0 Å². The van der Waals surface area contributed by atoms with E-state index in [2.05, 4.69) is 15.9 Å². The van der Waals surface area contributed by atoms with Crippen molar-refractivity contribution in [2.24, 2.45) is 0 Å². The lowest BCUT2D eigenvalue weighted by atomic mass is 10.2. The number of carbonyl (C=O) groups is 1. The summed E-state index contributed by atoms with van der Waals surface area (Å²) in [5.41, 5.74) is 0.0702. The topological polar surface area (TPSA) is 69.4 Å². The van der Waals surface area contributed by atoms with E-state index in [-0.39, 0.29) is 27.8 Å². The third kappa shape index (κ3) is 3.15. The number of rotatable bonds is 4. The largest absolute Gasteiger partial charge is 0.456 e. The molecule has 20 heavy (non-hydrogen) atoms. The molecule has 2 aromatic rings. The lowest BCUT2D eigenvalue weighted by molar-refractivity contribution is -0.385. The van der Waals surface area contributed by atoms with E-state index in [4.69, 9.17) is 16.3 Å². The van der Waals surface area contributed by atoms with Gasteiger partial charge < -0.3 is 4.74 Å². The molecule has 0 unspecified atom stereocenters. The van der Waals surface area contributed by atoms with Gasteiger partial charge in [0.1, 0.15) is 11.5 Å². The highest BCUT2D eigenvalue weighted by Crippen LogP contribution is 2.32. The van der Waals surface area contributed by atoms with Crippen LogP contribution in [0.4, 0.5) is 5.69 Å². The van der Waals surface area contributed by atoms with Gasteiger partial charge >= 0.3 is 0 Å². The minimum Gasteiger partial charge on any atom is -0.456 e. The predicted octanol–water partition coefficient (Wildman–Crippen LogP) is 4.62. The summed E-state index contributed by atoms with van der Waals surface area (Å²) < 4.78 is 6.00. The molecule has 0 saturated heterocycles. The summed E-state index contributed by atoms with van der Waals surface area (Å²) in [5.74, 6) is 0.469. The van der Waals surface area contributed by atoms with Gasteiger partial charge in [0.2, 0.25) is 0 Å². The van der Waals surface area contributed by atoms with Gasteiger partial charge in [0.15, 0.2) is 6.29 Å². The van der Waals surface area contributed by atoms with Crippen LogP contribution in [0, 0.1) is 10.1 Å². The zero-order chi connectivity index (χ0) is 14.7. The summed E-state index contributed by atoms with van der Waals surface area (Å²) in [6, 6.07) is 8.91. The Morgan fingerprint density at radius 1 is 1.30 bits per heavy atom. The van der Waals surface area contributed by atoms with Crippen molar-refractivity contribution in [2.75, 3.05) is 0 Å². The average molecular weight is 357 g/mol.